The predicted octanol–water partition coefficient (Wildman–Crippen LogP) is 1.93. The van der Waals surface area contributed by atoms with Gasteiger partial charge < -0.3 is 10.0 Å². The smallest absolute Gasteiger partial charge is 0.305 e. The van der Waals surface area contributed by atoms with Gasteiger partial charge in [-0.1, -0.05) is 12.1 Å². The summed E-state index contributed by atoms with van der Waals surface area (Å²) in [5.74, 6) is -3.20. The van der Waals surface area contributed by atoms with Crippen molar-refractivity contribution in [3.05, 3.63) is 35.4 Å². The average molecular weight is 269 g/mol. The van der Waals surface area contributed by atoms with Crippen molar-refractivity contribution >= 4 is 11.9 Å². The number of amides is 1. The number of rotatable bonds is 4. The minimum Gasteiger partial charge on any atom is -0.481 e. The number of halogens is 2. The van der Waals surface area contributed by atoms with E-state index < -0.39 is 23.6 Å². The number of benzene rings is 1. The quantitative estimate of drug-likeness (QED) is 0.908. The highest BCUT2D eigenvalue weighted by Crippen LogP contribution is 2.25. The Hall–Kier alpha value is -1.98. The molecule has 19 heavy (non-hydrogen) atoms. The second-order valence-electron chi connectivity index (χ2n) is 4.52. The lowest BCUT2D eigenvalue weighted by atomic mass is 10.1. The van der Waals surface area contributed by atoms with Crippen LogP contribution in [-0.4, -0.2) is 27.9 Å². The highest BCUT2D eigenvalue weighted by atomic mass is 19.2. The van der Waals surface area contributed by atoms with Crippen LogP contribution in [0, 0.1) is 11.6 Å². The number of carbonyl (C=O) groups excluding carboxylic acids is 1. The maximum Gasteiger partial charge on any atom is 0.305 e. The summed E-state index contributed by atoms with van der Waals surface area (Å²) in [7, 11) is 0. The summed E-state index contributed by atoms with van der Waals surface area (Å²) >= 11 is 0. The van der Waals surface area contributed by atoms with E-state index in [1.165, 1.54) is 17.0 Å². The van der Waals surface area contributed by atoms with Crippen LogP contribution in [0.4, 0.5) is 8.78 Å². The highest BCUT2D eigenvalue weighted by molar-refractivity contribution is 5.80. The molecule has 2 rings (SSSR count). The molecule has 1 aliphatic heterocycles. The molecule has 0 aromatic heterocycles. The summed E-state index contributed by atoms with van der Waals surface area (Å²) in [6.45, 7) is -0.0969. The minimum atomic E-state index is -1.01. The zero-order valence-corrected chi connectivity index (χ0v) is 10.1. The number of nitrogens with zero attached hydrogens (tertiary/aromatic N) is 1. The maximum absolute atomic E-state index is 13.5. The van der Waals surface area contributed by atoms with Crippen LogP contribution >= 0.6 is 0 Å². The Morgan fingerprint density at radius 3 is 2.84 bits per heavy atom. The first-order valence-electron chi connectivity index (χ1n) is 5.93. The number of hydrogen-bond acceptors (Lipinski definition) is 2. The van der Waals surface area contributed by atoms with Crippen molar-refractivity contribution in [1.29, 1.82) is 0 Å². The van der Waals surface area contributed by atoms with Crippen LogP contribution in [0.1, 0.15) is 24.8 Å². The van der Waals surface area contributed by atoms with Crippen molar-refractivity contribution in [3.63, 3.8) is 0 Å². The molecule has 1 atom stereocenters. The number of aliphatic carboxylic acids is 1. The van der Waals surface area contributed by atoms with Crippen LogP contribution in [0.3, 0.4) is 0 Å². The third-order valence-electron chi connectivity index (χ3n) is 3.24. The fraction of sp³-hybridized carbons (Fsp3) is 0.385. The number of carboxylic acids is 1. The van der Waals surface area contributed by atoms with Gasteiger partial charge >= 0.3 is 5.97 Å². The minimum absolute atomic E-state index is 0.0608. The van der Waals surface area contributed by atoms with Gasteiger partial charge in [-0.3, -0.25) is 9.59 Å². The van der Waals surface area contributed by atoms with Gasteiger partial charge in [-0.25, -0.2) is 8.78 Å². The van der Waals surface area contributed by atoms with E-state index in [2.05, 4.69) is 0 Å². The number of carboxylic acid groups (broad SMARTS) is 1. The van der Waals surface area contributed by atoms with Crippen molar-refractivity contribution in [2.45, 2.75) is 31.8 Å². The molecule has 0 bridgehead atoms. The highest BCUT2D eigenvalue weighted by Gasteiger charge is 2.32. The topological polar surface area (TPSA) is 57.6 Å². The lowest BCUT2D eigenvalue weighted by Gasteiger charge is -2.23. The molecule has 1 amide bonds. The second kappa shape index (κ2) is 5.34. The molecule has 0 saturated carbocycles. The van der Waals surface area contributed by atoms with Crippen LogP contribution in [0.15, 0.2) is 18.2 Å². The van der Waals surface area contributed by atoms with Crippen LogP contribution in [0.25, 0.3) is 0 Å². The molecule has 1 fully saturated rings. The first-order chi connectivity index (χ1) is 8.99. The predicted molar refractivity (Wildman–Crippen MR) is 62.2 cm³/mol. The van der Waals surface area contributed by atoms with Crippen molar-refractivity contribution < 1.29 is 23.5 Å². The molecular weight excluding hydrogens is 256 g/mol. The Bertz CT molecular complexity index is 519. The van der Waals surface area contributed by atoms with Gasteiger partial charge in [-0.2, -0.15) is 0 Å². The lowest BCUT2D eigenvalue weighted by Crippen LogP contribution is -2.34. The van der Waals surface area contributed by atoms with Crippen LogP contribution in [0.2, 0.25) is 0 Å². The summed E-state index contributed by atoms with van der Waals surface area (Å²) in [4.78, 5) is 23.7. The molecule has 0 spiro atoms. The van der Waals surface area contributed by atoms with Gasteiger partial charge in [0.15, 0.2) is 11.6 Å². The van der Waals surface area contributed by atoms with E-state index in [0.717, 1.165) is 6.07 Å². The van der Waals surface area contributed by atoms with E-state index in [1.807, 2.05) is 0 Å². The van der Waals surface area contributed by atoms with Crippen molar-refractivity contribution in [2.24, 2.45) is 0 Å². The van der Waals surface area contributed by atoms with Crippen molar-refractivity contribution in [2.75, 3.05) is 0 Å². The summed E-state index contributed by atoms with van der Waals surface area (Å²) in [5.41, 5.74) is 0.0608. The normalized spacial score (nSPS) is 18.9. The lowest BCUT2D eigenvalue weighted by molar-refractivity contribution is -0.139. The van der Waals surface area contributed by atoms with Gasteiger partial charge in [0, 0.05) is 24.6 Å². The standard InChI is InChI=1S/C13H13F2NO3/c14-10-3-1-2-8(13(10)15)7-16-9(6-12(18)19)4-5-11(16)17/h1-3,9H,4-7H2,(H,18,19)/t9-/m0/s1. The molecule has 1 aromatic carbocycles. The van der Waals surface area contributed by atoms with Gasteiger partial charge in [-0.05, 0) is 12.5 Å². The zero-order valence-electron chi connectivity index (χ0n) is 10.1. The van der Waals surface area contributed by atoms with E-state index in [9.17, 15) is 18.4 Å². The van der Waals surface area contributed by atoms with Gasteiger partial charge in [-0.15, -0.1) is 0 Å². The van der Waals surface area contributed by atoms with Crippen molar-refractivity contribution in [3.8, 4) is 0 Å². The fourth-order valence-corrected chi connectivity index (χ4v) is 2.28. The first kappa shape index (κ1) is 13.5. The second-order valence-corrected chi connectivity index (χ2v) is 4.52. The number of likely N-dealkylation sites (tertiary alicyclic amines) is 1. The van der Waals surface area contributed by atoms with E-state index in [0.29, 0.717) is 6.42 Å². The molecule has 1 saturated heterocycles. The molecule has 102 valence electrons. The van der Waals surface area contributed by atoms with Crippen LogP contribution in [-0.2, 0) is 16.1 Å². The molecular formula is C13H13F2NO3. The fourth-order valence-electron chi connectivity index (χ4n) is 2.28. The maximum atomic E-state index is 13.5. The molecule has 1 aromatic rings. The molecule has 0 unspecified atom stereocenters. The van der Waals surface area contributed by atoms with Gasteiger partial charge in [0.25, 0.3) is 0 Å². The Morgan fingerprint density at radius 1 is 1.42 bits per heavy atom. The summed E-state index contributed by atoms with van der Waals surface area (Å²) < 4.78 is 26.6. The Balaban J connectivity index is 2.17. The van der Waals surface area contributed by atoms with Crippen LogP contribution < -0.4 is 0 Å². The third kappa shape index (κ3) is 2.89. The van der Waals surface area contributed by atoms with Gasteiger partial charge in [0.1, 0.15) is 0 Å². The molecule has 0 aliphatic carbocycles. The largest absolute Gasteiger partial charge is 0.481 e. The van der Waals surface area contributed by atoms with Crippen molar-refractivity contribution in [1.82, 2.24) is 4.90 Å². The summed E-state index contributed by atoms with van der Waals surface area (Å²) in [6.07, 6.45) is 0.500. The van der Waals surface area contributed by atoms with E-state index in [4.69, 9.17) is 5.11 Å². The first-order valence-corrected chi connectivity index (χ1v) is 5.93. The van der Waals surface area contributed by atoms with Gasteiger partial charge in [0.05, 0.1) is 6.42 Å². The molecule has 1 N–H and O–H groups in total. The van der Waals surface area contributed by atoms with Crippen LogP contribution in [0.5, 0.6) is 0 Å². The number of hydrogen-bond donors (Lipinski definition) is 1. The molecule has 1 heterocycles. The van der Waals surface area contributed by atoms with E-state index in [1.54, 1.807) is 0 Å². The SMILES string of the molecule is O=C(O)C[C@@H]1CCC(=O)N1Cc1cccc(F)c1F. The zero-order chi connectivity index (χ0) is 14.0. The average Bonchev–Trinajstić information content (AvgIpc) is 2.67. The summed E-state index contributed by atoms with van der Waals surface area (Å²) in [5, 5.41) is 8.77. The van der Waals surface area contributed by atoms with Gasteiger partial charge in [0.2, 0.25) is 5.91 Å². The summed E-state index contributed by atoms with van der Waals surface area (Å²) in [6, 6.07) is 3.30. The number of carbonyl (C=O) groups is 2. The van der Waals surface area contributed by atoms with E-state index in [-0.39, 0.29) is 30.9 Å². The molecule has 6 heteroatoms. The Morgan fingerprint density at radius 2 is 2.16 bits per heavy atom. The molecule has 1 aliphatic rings. The Labute approximate surface area is 108 Å². The molecule has 0 radical (unpaired) electrons. The monoisotopic (exact) mass is 269 g/mol. The Kier molecular flexibility index (Phi) is 3.78. The third-order valence-corrected chi connectivity index (χ3v) is 3.24. The van der Waals surface area contributed by atoms with E-state index >= 15 is 0 Å². The molecule has 4 nitrogen and oxygen atoms in total.